The van der Waals surface area contributed by atoms with Crippen LogP contribution in [0.1, 0.15) is 36.0 Å². The van der Waals surface area contributed by atoms with Crippen molar-refractivity contribution in [2.75, 3.05) is 31.1 Å². The fourth-order valence-corrected chi connectivity index (χ4v) is 3.71. The van der Waals surface area contributed by atoms with Gasteiger partial charge in [0.2, 0.25) is 0 Å². The summed E-state index contributed by atoms with van der Waals surface area (Å²) in [6.45, 7) is 9.01. The monoisotopic (exact) mass is 327 g/mol. The van der Waals surface area contributed by atoms with Crippen LogP contribution in [0, 0.1) is 11.3 Å². The average Bonchev–Trinajstić information content (AvgIpc) is 3.04. The first-order valence-corrected chi connectivity index (χ1v) is 8.82. The molecule has 3 rings (SSSR count). The van der Waals surface area contributed by atoms with Gasteiger partial charge in [-0.2, -0.15) is 5.26 Å². The zero-order valence-electron chi connectivity index (χ0n) is 13.6. The molecule has 23 heavy (non-hydrogen) atoms. The third kappa shape index (κ3) is 3.69. The first-order chi connectivity index (χ1) is 11.2. The van der Waals surface area contributed by atoms with Crippen LogP contribution in [0.5, 0.6) is 0 Å². The van der Waals surface area contributed by atoms with Crippen LogP contribution in [0.25, 0.3) is 0 Å². The number of hydrogen-bond donors (Lipinski definition) is 0. The fourth-order valence-electron chi connectivity index (χ4n) is 2.71. The summed E-state index contributed by atoms with van der Waals surface area (Å²) in [6.07, 6.45) is 1.76. The van der Waals surface area contributed by atoms with Gasteiger partial charge in [-0.1, -0.05) is 13.8 Å². The van der Waals surface area contributed by atoms with Crippen molar-refractivity contribution in [1.29, 1.82) is 5.26 Å². The van der Waals surface area contributed by atoms with Gasteiger partial charge in [-0.3, -0.25) is 4.90 Å². The second-order valence-electron chi connectivity index (χ2n) is 6.07. The topological polar surface area (TPSA) is 56.0 Å². The van der Waals surface area contributed by atoms with Crippen molar-refractivity contribution in [2.24, 2.45) is 0 Å². The van der Waals surface area contributed by atoms with E-state index < -0.39 is 0 Å². The molecule has 120 valence electrons. The lowest BCUT2D eigenvalue weighted by molar-refractivity contribution is 0.249. The molecular formula is C17H21N5S. The van der Waals surface area contributed by atoms with E-state index in [9.17, 15) is 5.26 Å². The lowest BCUT2D eigenvalue weighted by atomic mass is 10.2. The average molecular weight is 327 g/mol. The zero-order valence-corrected chi connectivity index (χ0v) is 14.4. The molecule has 0 spiro atoms. The smallest absolute Gasteiger partial charge is 0.146 e. The summed E-state index contributed by atoms with van der Waals surface area (Å²) < 4.78 is 0. The first-order valence-electron chi connectivity index (χ1n) is 7.94. The lowest BCUT2D eigenvalue weighted by Gasteiger charge is -2.35. The van der Waals surface area contributed by atoms with Gasteiger partial charge in [0.25, 0.3) is 0 Å². The van der Waals surface area contributed by atoms with E-state index in [1.165, 1.54) is 10.7 Å². The third-order valence-electron chi connectivity index (χ3n) is 4.10. The summed E-state index contributed by atoms with van der Waals surface area (Å²) in [6, 6.07) is 5.87. The maximum atomic E-state index is 9.21. The Morgan fingerprint density at radius 2 is 2.09 bits per heavy atom. The molecule has 2 aromatic heterocycles. The minimum Gasteiger partial charge on any atom is -0.353 e. The van der Waals surface area contributed by atoms with E-state index in [1.807, 2.05) is 12.1 Å². The number of pyridine rings is 1. The van der Waals surface area contributed by atoms with E-state index in [1.54, 1.807) is 17.5 Å². The molecule has 0 unspecified atom stereocenters. The molecule has 0 bridgehead atoms. The molecule has 0 N–H and O–H groups in total. The quantitative estimate of drug-likeness (QED) is 0.864. The standard InChI is InChI=1S/C17H21N5S/c1-13(2)15-12-23-16(20-15)11-21-6-8-22(9-7-21)17-14(10-18)4-3-5-19-17/h3-5,12-13H,6-9,11H2,1-2H3. The van der Waals surface area contributed by atoms with Gasteiger partial charge in [-0.25, -0.2) is 9.97 Å². The fraction of sp³-hybridized carbons (Fsp3) is 0.471. The van der Waals surface area contributed by atoms with Crippen LogP contribution in [0.4, 0.5) is 5.82 Å². The number of piperazine rings is 1. The highest BCUT2D eigenvalue weighted by Crippen LogP contribution is 2.21. The Kier molecular flexibility index (Phi) is 4.89. The number of anilines is 1. The van der Waals surface area contributed by atoms with Crippen LogP contribution in [0.3, 0.4) is 0 Å². The second kappa shape index (κ2) is 7.07. The Labute approximate surface area is 141 Å². The SMILES string of the molecule is CC(C)c1csc(CN2CCN(c3ncccc3C#N)CC2)n1. The van der Waals surface area contributed by atoms with Gasteiger partial charge in [-0.15, -0.1) is 11.3 Å². The summed E-state index contributed by atoms with van der Waals surface area (Å²) >= 11 is 1.75. The predicted molar refractivity (Wildman–Crippen MR) is 92.6 cm³/mol. The normalized spacial score (nSPS) is 15.8. The van der Waals surface area contributed by atoms with Gasteiger partial charge >= 0.3 is 0 Å². The van der Waals surface area contributed by atoms with Gasteiger partial charge < -0.3 is 4.90 Å². The summed E-state index contributed by atoms with van der Waals surface area (Å²) in [5.74, 6) is 1.30. The molecule has 0 aliphatic carbocycles. The largest absolute Gasteiger partial charge is 0.353 e. The molecule has 2 aromatic rings. The molecule has 0 atom stereocenters. The number of rotatable bonds is 4. The molecule has 1 saturated heterocycles. The first kappa shape index (κ1) is 15.9. The van der Waals surface area contributed by atoms with Crippen molar-refractivity contribution in [3.63, 3.8) is 0 Å². The lowest BCUT2D eigenvalue weighted by Crippen LogP contribution is -2.46. The van der Waals surface area contributed by atoms with Crippen LogP contribution >= 0.6 is 11.3 Å². The Bertz CT molecular complexity index is 695. The molecule has 3 heterocycles. The maximum absolute atomic E-state index is 9.21. The van der Waals surface area contributed by atoms with Crippen molar-refractivity contribution in [2.45, 2.75) is 26.3 Å². The van der Waals surface area contributed by atoms with E-state index in [2.05, 4.69) is 40.1 Å². The summed E-state index contributed by atoms with van der Waals surface area (Å²) in [5.41, 5.74) is 1.85. The Balaban J connectivity index is 1.59. The van der Waals surface area contributed by atoms with E-state index in [4.69, 9.17) is 4.98 Å². The summed E-state index contributed by atoms with van der Waals surface area (Å²) in [5, 5.41) is 12.6. The minimum atomic E-state index is 0.491. The number of hydrogen-bond acceptors (Lipinski definition) is 6. The van der Waals surface area contributed by atoms with E-state index in [0.29, 0.717) is 11.5 Å². The van der Waals surface area contributed by atoms with Crippen molar-refractivity contribution >= 4 is 17.2 Å². The zero-order chi connectivity index (χ0) is 16.2. The molecule has 0 amide bonds. The van der Waals surface area contributed by atoms with E-state index in [-0.39, 0.29) is 0 Å². The Hall–Kier alpha value is -1.97. The number of nitrogens with zero attached hydrogens (tertiary/aromatic N) is 5. The van der Waals surface area contributed by atoms with Gasteiger partial charge in [0.15, 0.2) is 0 Å². The van der Waals surface area contributed by atoms with Crippen molar-refractivity contribution in [3.05, 3.63) is 40.0 Å². The van der Waals surface area contributed by atoms with Crippen LogP contribution in [-0.2, 0) is 6.54 Å². The number of thiazole rings is 1. The number of aromatic nitrogens is 2. The molecule has 1 aliphatic heterocycles. The van der Waals surface area contributed by atoms with Crippen LogP contribution in [0.2, 0.25) is 0 Å². The molecular weight excluding hydrogens is 306 g/mol. The minimum absolute atomic E-state index is 0.491. The molecule has 5 nitrogen and oxygen atoms in total. The molecule has 1 fully saturated rings. The highest BCUT2D eigenvalue weighted by Gasteiger charge is 2.21. The molecule has 1 aliphatic rings. The van der Waals surface area contributed by atoms with Crippen LogP contribution in [0.15, 0.2) is 23.7 Å². The van der Waals surface area contributed by atoms with Gasteiger partial charge in [0.1, 0.15) is 16.9 Å². The van der Waals surface area contributed by atoms with E-state index >= 15 is 0 Å². The Morgan fingerprint density at radius 3 is 2.74 bits per heavy atom. The molecule has 6 heteroatoms. The molecule has 0 aromatic carbocycles. The van der Waals surface area contributed by atoms with Gasteiger partial charge in [-0.05, 0) is 18.1 Å². The Morgan fingerprint density at radius 1 is 1.30 bits per heavy atom. The summed E-state index contributed by atoms with van der Waals surface area (Å²) in [7, 11) is 0. The number of nitriles is 1. The molecule has 0 saturated carbocycles. The second-order valence-corrected chi connectivity index (χ2v) is 7.01. The van der Waals surface area contributed by atoms with Gasteiger partial charge in [0, 0.05) is 37.8 Å². The van der Waals surface area contributed by atoms with E-state index in [0.717, 1.165) is 38.5 Å². The van der Waals surface area contributed by atoms with Crippen LogP contribution < -0.4 is 4.90 Å². The molecule has 0 radical (unpaired) electrons. The highest BCUT2D eigenvalue weighted by atomic mass is 32.1. The maximum Gasteiger partial charge on any atom is 0.146 e. The highest BCUT2D eigenvalue weighted by molar-refractivity contribution is 7.09. The predicted octanol–water partition coefficient (Wildman–Crippen LogP) is 2.86. The van der Waals surface area contributed by atoms with Gasteiger partial charge in [0.05, 0.1) is 17.8 Å². The van der Waals surface area contributed by atoms with Crippen molar-refractivity contribution in [3.8, 4) is 6.07 Å². The van der Waals surface area contributed by atoms with Crippen molar-refractivity contribution in [1.82, 2.24) is 14.9 Å². The summed E-state index contributed by atoms with van der Waals surface area (Å²) in [4.78, 5) is 13.7. The van der Waals surface area contributed by atoms with Crippen LogP contribution in [-0.4, -0.2) is 41.0 Å². The third-order valence-corrected chi connectivity index (χ3v) is 4.95. The van der Waals surface area contributed by atoms with Crippen molar-refractivity contribution < 1.29 is 0 Å².